The van der Waals surface area contributed by atoms with Gasteiger partial charge >= 0.3 is 6.03 Å². The van der Waals surface area contributed by atoms with E-state index in [-0.39, 0.29) is 11.9 Å². The van der Waals surface area contributed by atoms with Crippen molar-refractivity contribution >= 4 is 40.8 Å². The molecule has 3 N–H and O–H groups in total. The van der Waals surface area contributed by atoms with Gasteiger partial charge in [0.05, 0.1) is 5.69 Å². The Balaban J connectivity index is 0.853. The third-order valence-electron chi connectivity index (χ3n) is 9.99. The van der Waals surface area contributed by atoms with Crippen molar-refractivity contribution < 1.29 is 9.59 Å². The van der Waals surface area contributed by atoms with Crippen LogP contribution < -0.4 is 30.7 Å². The number of aryl methyl sites for hydroxylation is 1. The highest BCUT2D eigenvalue weighted by Crippen LogP contribution is 2.28. The van der Waals surface area contributed by atoms with Gasteiger partial charge in [-0.2, -0.15) is 0 Å². The smallest absolute Gasteiger partial charge is 0.328 e. The fraction of sp³-hybridized carbons (Fsp3) is 0.405. The summed E-state index contributed by atoms with van der Waals surface area (Å²) in [5, 5.41) is 17.9. The van der Waals surface area contributed by atoms with Gasteiger partial charge in [-0.3, -0.25) is 19.9 Å². The summed E-state index contributed by atoms with van der Waals surface area (Å²) in [4.78, 5) is 41.5. The van der Waals surface area contributed by atoms with Crippen LogP contribution in [0.3, 0.4) is 0 Å². The summed E-state index contributed by atoms with van der Waals surface area (Å²) >= 11 is 0. The zero-order chi connectivity index (χ0) is 34.5. The lowest BCUT2D eigenvalue weighted by atomic mass is 9.95. The first-order valence-electron chi connectivity index (χ1n) is 17.5. The van der Waals surface area contributed by atoms with E-state index in [1.807, 2.05) is 37.4 Å². The van der Waals surface area contributed by atoms with Gasteiger partial charge in [0.2, 0.25) is 5.91 Å². The molecular formula is C37H45N11O2. The number of hydrogen-bond donors (Lipinski definition) is 3. The molecule has 5 heterocycles. The van der Waals surface area contributed by atoms with E-state index >= 15 is 0 Å². The summed E-state index contributed by atoms with van der Waals surface area (Å²) in [7, 11) is 1.95. The molecule has 0 aliphatic carbocycles. The van der Waals surface area contributed by atoms with Crippen molar-refractivity contribution in [2.24, 2.45) is 5.92 Å². The van der Waals surface area contributed by atoms with Crippen LogP contribution in [0.25, 0.3) is 11.3 Å². The average molecular weight is 676 g/mol. The third kappa shape index (κ3) is 7.84. The molecule has 3 fully saturated rings. The minimum absolute atomic E-state index is 0.215. The Hall–Kier alpha value is -5.14. The molecule has 0 unspecified atom stereocenters. The molecule has 0 spiro atoms. The van der Waals surface area contributed by atoms with Crippen LogP contribution in [0.15, 0.2) is 67.0 Å². The van der Waals surface area contributed by atoms with Crippen LogP contribution in [0.2, 0.25) is 0 Å². The van der Waals surface area contributed by atoms with Crippen molar-refractivity contribution in [1.82, 2.24) is 35.7 Å². The fourth-order valence-electron chi connectivity index (χ4n) is 7.07. The maximum absolute atomic E-state index is 12.2. The van der Waals surface area contributed by atoms with E-state index in [4.69, 9.17) is 0 Å². The first-order valence-corrected chi connectivity index (χ1v) is 17.5. The Bertz CT molecular complexity index is 1780. The van der Waals surface area contributed by atoms with Gasteiger partial charge in [-0.25, -0.2) is 14.8 Å². The fourth-order valence-corrected chi connectivity index (χ4v) is 7.07. The van der Waals surface area contributed by atoms with Crippen LogP contribution in [0.1, 0.15) is 30.4 Å². The molecule has 13 nitrogen and oxygen atoms in total. The van der Waals surface area contributed by atoms with Gasteiger partial charge < -0.3 is 20.4 Å². The van der Waals surface area contributed by atoms with Crippen LogP contribution in [0.4, 0.5) is 33.6 Å². The lowest BCUT2D eigenvalue weighted by Crippen LogP contribution is -2.49. The number of urea groups is 1. The van der Waals surface area contributed by atoms with Crippen molar-refractivity contribution in [2.45, 2.75) is 32.7 Å². The summed E-state index contributed by atoms with van der Waals surface area (Å²) in [6.07, 6.45) is 4.23. The average Bonchev–Trinajstić information content (AvgIpc) is 3.14. The van der Waals surface area contributed by atoms with Gasteiger partial charge in [-0.05, 0) is 86.3 Å². The molecule has 260 valence electrons. The molecule has 2 aromatic carbocycles. The summed E-state index contributed by atoms with van der Waals surface area (Å²) in [5.41, 5.74) is 6.39. The molecule has 4 aromatic rings. The maximum Gasteiger partial charge on any atom is 0.328 e. The molecule has 0 saturated carbocycles. The minimum Gasteiger partial charge on any atom is -0.372 e. The number of anilines is 5. The monoisotopic (exact) mass is 675 g/mol. The Morgan fingerprint density at radius 2 is 1.58 bits per heavy atom. The first kappa shape index (κ1) is 33.4. The topological polar surface area (TPSA) is 135 Å². The molecule has 3 saturated heterocycles. The normalized spacial score (nSPS) is 17.6. The minimum atomic E-state index is -0.347. The van der Waals surface area contributed by atoms with Crippen molar-refractivity contribution in [3.8, 4) is 11.3 Å². The van der Waals surface area contributed by atoms with Crippen LogP contribution in [0.5, 0.6) is 0 Å². The summed E-state index contributed by atoms with van der Waals surface area (Å²) in [6.45, 7) is 10.4. The highest BCUT2D eigenvalue weighted by molar-refractivity contribution is 6.05. The highest BCUT2D eigenvalue weighted by Gasteiger charge is 2.26. The second-order valence-corrected chi connectivity index (χ2v) is 13.4. The van der Waals surface area contributed by atoms with Gasteiger partial charge in [0.1, 0.15) is 12.1 Å². The summed E-state index contributed by atoms with van der Waals surface area (Å²) in [6, 6.07) is 20.1. The number of carbonyl (C=O) groups excluding carboxylic acids is 2. The Labute approximate surface area is 293 Å². The number of benzene rings is 2. The number of imide groups is 1. The third-order valence-corrected chi connectivity index (χ3v) is 9.99. The largest absolute Gasteiger partial charge is 0.372 e. The van der Waals surface area contributed by atoms with Crippen molar-refractivity contribution in [3.63, 3.8) is 0 Å². The lowest BCUT2D eigenvalue weighted by Gasteiger charge is -2.39. The van der Waals surface area contributed by atoms with Crippen LogP contribution in [0, 0.1) is 12.8 Å². The molecule has 3 amide bonds. The van der Waals surface area contributed by atoms with E-state index in [0.717, 1.165) is 88.0 Å². The van der Waals surface area contributed by atoms with Crippen LogP contribution in [-0.4, -0.2) is 96.4 Å². The van der Waals surface area contributed by atoms with Crippen LogP contribution >= 0.6 is 0 Å². The van der Waals surface area contributed by atoms with E-state index in [0.29, 0.717) is 30.5 Å². The number of aromatic nitrogens is 4. The summed E-state index contributed by atoms with van der Waals surface area (Å²) < 4.78 is 0. The SMILES string of the molecule is CNCc1ccc(-c2cc(Nc3ccc(N4CCN(CC5CCN(c6ccc(N7CCC(=O)NC7=O)cc6)CC5)CC4)nn3)ncn2)cc1C. The molecule has 0 atom stereocenters. The van der Waals surface area contributed by atoms with E-state index in [9.17, 15) is 9.59 Å². The second-order valence-electron chi connectivity index (χ2n) is 13.4. The number of nitrogens with one attached hydrogen (secondary N) is 3. The van der Waals surface area contributed by atoms with Crippen molar-refractivity contribution in [3.05, 3.63) is 78.1 Å². The molecule has 3 aliphatic heterocycles. The lowest BCUT2D eigenvalue weighted by molar-refractivity contribution is -0.120. The summed E-state index contributed by atoms with van der Waals surface area (Å²) in [5.74, 6) is 2.68. The van der Waals surface area contributed by atoms with E-state index < -0.39 is 0 Å². The van der Waals surface area contributed by atoms with Gasteiger partial charge in [-0.15, -0.1) is 10.2 Å². The van der Waals surface area contributed by atoms with E-state index in [2.05, 4.69) is 88.1 Å². The number of carbonyl (C=O) groups is 2. The van der Waals surface area contributed by atoms with Crippen molar-refractivity contribution in [2.75, 3.05) is 79.4 Å². The van der Waals surface area contributed by atoms with Gasteiger partial charge in [0, 0.05) is 88.3 Å². The number of rotatable bonds is 10. The van der Waals surface area contributed by atoms with Gasteiger partial charge in [-0.1, -0.05) is 12.1 Å². The quantitative estimate of drug-likeness (QED) is 0.223. The molecule has 2 aromatic heterocycles. The number of piperazine rings is 1. The number of hydrogen-bond acceptors (Lipinski definition) is 11. The molecule has 0 bridgehead atoms. The Kier molecular flexibility index (Phi) is 10.1. The van der Waals surface area contributed by atoms with Crippen LogP contribution in [-0.2, 0) is 11.3 Å². The maximum atomic E-state index is 12.2. The number of amides is 3. The molecular weight excluding hydrogens is 630 g/mol. The number of nitrogens with zero attached hydrogens (tertiary/aromatic N) is 8. The zero-order valence-electron chi connectivity index (χ0n) is 28.8. The van der Waals surface area contributed by atoms with E-state index in [1.54, 1.807) is 11.2 Å². The predicted molar refractivity (Wildman–Crippen MR) is 196 cm³/mol. The standard InChI is InChI=1S/C37H45N11O2/c1-26-21-28(3-4-29(26)23-38-2)32-22-34(40-25-39-32)41-33-9-10-35(44-43-33)47-19-17-45(18-20-47)24-27-11-14-46(15-12-27)30-5-7-31(8-6-30)48-16-13-36(49)42-37(48)50/h3-10,21-22,25,27,38H,11-20,23-24H2,1-2H3,(H,42,49,50)(H,39,40,41,43). The molecule has 50 heavy (non-hydrogen) atoms. The first-order chi connectivity index (χ1) is 24.4. The second kappa shape index (κ2) is 15.2. The van der Waals surface area contributed by atoms with Gasteiger partial charge in [0.15, 0.2) is 11.6 Å². The highest BCUT2D eigenvalue weighted by atomic mass is 16.2. The van der Waals surface area contributed by atoms with Crippen molar-refractivity contribution in [1.29, 1.82) is 0 Å². The molecule has 3 aliphatic rings. The molecule has 7 rings (SSSR count). The molecule has 0 radical (unpaired) electrons. The van der Waals surface area contributed by atoms with E-state index in [1.165, 1.54) is 16.8 Å². The zero-order valence-corrected chi connectivity index (χ0v) is 28.8. The predicted octanol–water partition coefficient (Wildman–Crippen LogP) is 4.19. The number of piperidine rings is 1. The Morgan fingerprint density at radius 3 is 2.28 bits per heavy atom. The Morgan fingerprint density at radius 1 is 0.800 bits per heavy atom. The molecule has 13 heteroatoms. The van der Waals surface area contributed by atoms with Gasteiger partial charge in [0.25, 0.3) is 0 Å².